The van der Waals surface area contributed by atoms with Crippen LogP contribution in [0.1, 0.15) is 16.8 Å². The van der Waals surface area contributed by atoms with Crippen molar-refractivity contribution in [3.8, 4) is 0 Å². The number of fused-ring (bicyclic) bond motifs is 1. The van der Waals surface area contributed by atoms with E-state index in [9.17, 15) is 14.0 Å². The molecule has 3 amide bonds. The van der Waals surface area contributed by atoms with Gasteiger partial charge in [0.15, 0.2) is 0 Å². The third-order valence-electron chi connectivity index (χ3n) is 5.46. The Balaban J connectivity index is 1.20. The number of nitrogens with one attached hydrogen (secondary N) is 1. The first-order valence-electron chi connectivity index (χ1n) is 10.2. The predicted molar refractivity (Wildman–Crippen MR) is 114 cm³/mol. The number of halogens is 1. The average Bonchev–Trinajstić information content (AvgIpc) is 3.19. The topological polar surface area (TPSA) is 57.6 Å². The summed E-state index contributed by atoms with van der Waals surface area (Å²) >= 11 is 0. The Morgan fingerprint density at radius 1 is 0.933 bits per heavy atom. The quantitative estimate of drug-likeness (QED) is 0.659. The molecule has 2 aromatic carbocycles. The van der Waals surface area contributed by atoms with E-state index in [4.69, 9.17) is 0 Å². The number of aromatic nitrogens is 1. The molecule has 1 N–H and O–H groups in total. The van der Waals surface area contributed by atoms with E-state index in [0.29, 0.717) is 38.3 Å². The third kappa shape index (κ3) is 4.45. The molecule has 0 unspecified atom stereocenters. The molecule has 0 spiro atoms. The fourth-order valence-electron chi connectivity index (χ4n) is 3.81. The number of nitrogens with zero attached hydrogens (tertiary/aromatic N) is 3. The van der Waals surface area contributed by atoms with E-state index in [-0.39, 0.29) is 11.9 Å². The van der Waals surface area contributed by atoms with Crippen LogP contribution in [0.4, 0.5) is 9.18 Å². The molecule has 7 heteroatoms. The molecule has 1 fully saturated rings. The maximum atomic E-state index is 13.3. The standard InChI is InChI=1S/C23H25FN4O2/c24-20-7-3-6-19(17-20)22(29)27-13-15-28(16-14-27)23(30)25-10-4-11-26-12-9-18-5-1-2-8-21(18)26/h1-3,5-9,12,17H,4,10-11,13-16H2,(H,25,30). The zero-order valence-corrected chi connectivity index (χ0v) is 16.8. The molecule has 1 saturated heterocycles. The van der Waals surface area contributed by atoms with E-state index in [1.807, 2.05) is 12.1 Å². The first kappa shape index (κ1) is 19.9. The van der Waals surface area contributed by atoms with Gasteiger partial charge in [0.1, 0.15) is 5.82 Å². The maximum Gasteiger partial charge on any atom is 0.317 e. The van der Waals surface area contributed by atoms with Crippen LogP contribution in [0.2, 0.25) is 0 Å². The van der Waals surface area contributed by atoms with Gasteiger partial charge in [0.05, 0.1) is 0 Å². The first-order chi connectivity index (χ1) is 14.6. The summed E-state index contributed by atoms with van der Waals surface area (Å²) in [5, 5.41) is 4.18. The number of urea groups is 1. The summed E-state index contributed by atoms with van der Waals surface area (Å²) in [4.78, 5) is 28.3. The minimum atomic E-state index is -0.424. The number of para-hydroxylation sites is 1. The Morgan fingerprint density at radius 3 is 2.50 bits per heavy atom. The van der Waals surface area contributed by atoms with E-state index in [1.165, 1.54) is 29.1 Å². The van der Waals surface area contributed by atoms with Gasteiger partial charge in [0.2, 0.25) is 0 Å². The lowest BCUT2D eigenvalue weighted by molar-refractivity contribution is 0.0664. The van der Waals surface area contributed by atoms with Gasteiger partial charge in [-0.25, -0.2) is 9.18 Å². The van der Waals surface area contributed by atoms with Gasteiger partial charge in [-0.05, 0) is 42.1 Å². The van der Waals surface area contributed by atoms with Crippen LogP contribution in [0.25, 0.3) is 10.9 Å². The van der Waals surface area contributed by atoms with Crippen LogP contribution in [0.15, 0.2) is 60.8 Å². The number of piperazine rings is 1. The molecule has 6 nitrogen and oxygen atoms in total. The van der Waals surface area contributed by atoms with Crippen LogP contribution in [0.5, 0.6) is 0 Å². The number of carbonyl (C=O) groups is 2. The molecule has 4 rings (SSSR count). The number of aryl methyl sites for hydroxylation is 1. The van der Waals surface area contributed by atoms with E-state index in [1.54, 1.807) is 15.9 Å². The lowest BCUT2D eigenvalue weighted by atomic mass is 10.2. The summed E-state index contributed by atoms with van der Waals surface area (Å²) < 4.78 is 15.5. The highest BCUT2D eigenvalue weighted by Gasteiger charge is 2.24. The molecule has 30 heavy (non-hydrogen) atoms. The fourth-order valence-corrected chi connectivity index (χ4v) is 3.81. The van der Waals surface area contributed by atoms with Crippen LogP contribution in [0.3, 0.4) is 0 Å². The summed E-state index contributed by atoms with van der Waals surface area (Å²) in [5.41, 5.74) is 1.54. The first-order valence-corrected chi connectivity index (χ1v) is 10.2. The Labute approximate surface area is 174 Å². The molecule has 0 atom stereocenters. The normalized spacial score (nSPS) is 14.2. The van der Waals surface area contributed by atoms with E-state index in [2.05, 4.69) is 34.3 Å². The fraction of sp³-hybridized carbons (Fsp3) is 0.304. The summed E-state index contributed by atoms with van der Waals surface area (Å²) in [6.45, 7) is 3.25. The average molecular weight is 408 g/mol. The molecule has 1 aromatic heterocycles. The summed E-state index contributed by atoms with van der Waals surface area (Å²) in [5.74, 6) is -0.625. The number of hydrogen-bond donors (Lipinski definition) is 1. The van der Waals surface area contributed by atoms with Crippen LogP contribution in [0, 0.1) is 5.82 Å². The molecule has 0 bridgehead atoms. The number of hydrogen-bond acceptors (Lipinski definition) is 2. The molecule has 1 aliphatic rings. The van der Waals surface area contributed by atoms with Crippen molar-refractivity contribution in [3.63, 3.8) is 0 Å². The van der Waals surface area contributed by atoms with Crippen molar-refractivity contribution >= 4 is 22.8 Å². The van der Waals surface area contributed by atoms with E-state index < -0.39 is 5.82 Å². The highest BCUT2D eigenvalue weighted by molar-refractivity contribution is 5.94. The zero-order chi connectivity index (χ0) is 20.9. The van der Waals surface area contributed by atoms with Crippen LogP contribution >= 0.6 is 0 Å². The van der Waals surface area contributed by atoms with Crippen LogP contribution in [-0.4, -0.2) is 59.0 Å². The molecule has 0 aliphatic carbocycles. The Morgan fingerprint density at radius 2 is 1.70 bits per heavy atom. The minimum absolute atomic E-state index is 0.106. The molecule has 3 aromatic rings. The molecule has 2 heterocycles. The molecular formula is C23H25FN4O2. The minimum Gasteiger partial charge on any atom is -0.347 e. The van der Waals surface area contributed by atoms with Crippen molar-refractivity contribution < 1.29 is 14.0 Å². The third-order valence-corrected chi connectivity index (χ3v) is 5.46. The Kier molecular flexibility index (Phi) is 5.97. The predicted octanol–water partition coefficient (Wildman–Crippen LogP) is 3.34. The molecule has 156 valence electrons. The van der Waals surface area contributed by atoms with Crippen LogP contribution < -0.4 is 5.32 Å². The van der Waals surface area contributed by atoms with Crippen molar-refractivity contribution in [2.45, 2.75) is 13.0 Å². The van der Waals surface area contributed by atoms with Crippen molar-refractivity contribution in [1.82, 2.24) is 19.7 Å². The highest BCUT2D eigenvalue weighted by Crippen LogP contribution is 2.15. The van der Waals surface area contributed by atoms with Gasteiger partial charge in [0, 0.05) is 56.5 Å². The van der Waals surface area contributed by atoms with Gasteiger partial charge in [-0.3, -0.25) is 4.79 Å². The maximum absolute atomic E-state index is 13.3. The lowest BCUT2D eigenvalue weighted by Gasteiger charge is -2.34. The van der Waals surface area contributed by atoms with Gasteiger partial charge in [-0.15, -0.1) is 0 Å². The SMILES string of the molecule is O=C(NCCCn1ccc2ccccc21)N1CCN(C(=O)c2cccc(F)c2)CC1. The zero-order valence-electron chi connectivity index (χ0n) is 16.8. The smallest absolute Gasteiger partial charge is 0.317 e. The molecular weight excluding hydrogens is 383 g/mol. The Bertz CT molecular complexity index is 1040. The molecule has 1 aliphatic heterocycles. The summed E-state index contributed by atoms with van der Waals surface area (Å²) in [6.07, 6.45) is 2.91. The number of carbonyl (C=O) groups excluding carboxylic acids is 2. The van der Waals surface area contributed by atoms with Gasteiger partial charge < -0.3 is 19.7 Å². The second kappa shape index (κ2) is 8.98. The second-order valence-corrected chi connectivity index (χ2v) is 7.44. The van der Waals surface area contributed by atoms with Crippen molar-refractivity contribution in [2.75, 3.05) is 32.7 Å². The molecule has 0 radical (unpaired) electrons. The highest BCUT2D eigenvalue weighted by atomic mass is 19.1. The molecule has 0 saturated carbocycles. The number of amides is 3. The monoisotopic (exact) mass is 408 g/mol. The Hall–Kier alpha value is -3.35. The van der Waals surface area contributed by atoms with Crippen molar-refractivity contribution in [3.05, 3.63) is 72.2 Å². The van der Waals surface area contributed by atoms with Gasteiger partial charge in [-0.2, -0.15) is 0 Å². The summed E-state index contributed by atoms with van der Waals surface area (Å²) in [7, 11) is 0. The number of benzene rings is 2. The van der Waals surface area contributed by atoms with Crippen LogP contribution in [-0.2, 0) is 6.54 Å². The van der Waals surface area contributed by atoms with E-state index >= 15 is 0 Å². The van der Waals surface area contributed by atoms with Gasteiger partial charge >= 0.3 is 6.03 Å². The van der Waals surface area contributed by atoms with Gasteiger partial charge in [0.25, 0.3) is 5.91 Å². The number of rotatable bonds is 5. The summed E-state index contributed by atoms with van der Waals surface area (Å²) in [6, 6.07) is 15.9. The van der Waals surface area contributed by atoms with Crippen molar-refractivity contribution in [2.24, 2.45) is 0 Å². The second-order valence-electron chi connectivity index (χ2n) is 7.44. The van der Waals surface area contributed by atoms with E-state index in [0.717, 1.165) is 13.0 Å². The van der Waals surface area contributed by atoms with Crippen molar-refractivity contribution in [1.29, 1.82) is 0 Å². The largest absolute Gasteiger partial charge is 0.347 e. The van der Waals surface area contributed by atoms with Gasteiger partial charge in [-0.1, -0.05) is 24.3 Å². The lowest BCUT2D eigenvalue weighted by Crippen LogP contribution is -2.53.